The van der Waals surface area contributed by atoms with Crippen molar-refractivity contribution < 1.29 is 31.8 Å². The maximum absolute atomic E-state index is 14.9. The van der Waals surface area contributed by atoms with Gasteiger partial charge in [-0.1, -0.05) is 22.0 Å². The minimum Gasteiger partial charge on any atom is -0.457 e. The molecule has 1 aliphatic carbocycles. The van der Waals surface area contributed by atoms with E-state index in [4.69, 9.17) is 14.7 Å². The summed E-state index contributed by atoms with van der Waals surface area (Å²) in [5.74, 6) is -1.53. The average molecular weight is 486 g/mol. The Bertz CT molecular complexity index is 1040. The van der Waals surface area contributed by atoms with E-state index in [9.17, 15) is 22.3 Å². The summed E-state index contributed by atoms with van der Waals surface area (Å²) in [6.45, 7) is 1.13. The molecule has 1 unspecified atom stereocenters. The lowest BCUT2D eigenvalue weighted by atomic mass is 10.0. The number of nitriles is 1. The molecule has 0 bridgehead atoms. The van der Waals surface area contributed by atoms with Gasteiger partial charge in [0.15, 0.2) is 23.4 Å². The van der Waals surface area contributed by atoms with Crippen LogP contribution in [-0.2, 0) is 26.4 Å². The number of hydrogen-bond donors (Lipinski definition) is 1. The van der Waals surface area contributed by atoms with E-state index in [2.05, 4.69) is 15.9 Å². The molecule has 0 aromatic heterocycles. The van der Waals surface area contributed by atoms with Crippen molar-refractivity contribution in [3.63, 3.8) is 0 Å². The number of benzene rings is 2. The predicted octanol–water partition coefficient (Wildman–Crippen LogP) is 4.60. The molecule has 0 aliphatic heterocycles. The highest BCUT2D eigenvalue weighted by Gasteiger charge is 2.45. The van der Waals surface area contributed by atoms with E-state index in [1.165, 1.54) is 18.2 Å². The quantitative estimate of drug-likeness (QED) is 0.377. The van der Waals surface area contributed by atoms with Crippen LogP contribution in [0.25, 0.3) is 0 Å². The first-order valence-electron chi connectivity index (χ1n) is 8.28. The highest BCUT2D eigenvalue weighted by Crippen LogP contribution is 2.53. The Labute approximate surface area is 175 Å². The van der Waals surface area contributed by atoms with Gasteiger partial charge in [-0.15, -0.1) is 0 Å². The van der Waals surface area contributed by atoms with Crippen molar-refractivity contribution >= 4 is 33.0 Å². The highest BCUT2D eigenvalue weighted by atomic mass is 79.9. The van der Waals surface area contributed by atoms with Crippen molar-refractivity contribution in [1.29, 1.82) is 5.26 Å². The van der Waals surface area contributed by atoms with Crippen molar-refractivity contribution in [2.45, 2.75) is 29.8 Å². The van der Waals surface area contributed by atoms with E-state index < -0.39 is 40.0 Å². The van der Waals surface area contributed by atoms with Crippen LogP contribution in [-0.4, -0.2) is 20.9 Å². The number of alkyl halides is 2. The molecule has 1 aliphatic rings. The standard InChI is InChI=1S/C19H14BrF2NO5S/c1-9(24)27-19-15-11(8-29(25)26)2-3-14(16(15)17(20)18(19)22)28-13-5-10(7-23)4-12(21)6-13/h2-6,17-19H,8H2,1H3,(H,25,26)/t17-,18+,19-/m0/s1. The molecule has 2 aromatic carbocycles. The lowest BCUT2D eigenvalue weighted by Gasteiger charge is -2.18. The molecule has 0 spiro atoms. The van der Waals surface area contributed by atoms with Crippen LogP contribution in [0.2, 0.25) is 0 Å². The minimum absolute atomic E-state index is 0.0216. The van der Waals surface area contributed by atoms with Gasteiger partial charge < -0.3 is 14.0 Å². The monoisotopic (exact) mass is 485 g/mol. The summed E-state index contributed by atoms with van der Waals surface area (Å²) in [6, 6.07) is 8.15. The fourth-order valence-corrected chi connectivity index (χ4v) is 4.48. The molecule has 0 saturated carbocycles. The van der Waals surface area contributed by atoms with Gasteiger partial charge in [-0.25, -0.2) is 13.0 Å². The van der Waals surface area contributed by atoms with Crippen LogP contribution in [0.5, 0.6) is 11.5 Å². The SMILES string of the molecule is CC(=O)O[C@H]1c2c(CS(=O)O)ccc(Oc3cc(F)cc(C#N)c3)c2[C@H](Br)[C@H]1F. The van der Waals surface area contributed by atoms with Gasteiger partial charge >= 0.3 is 5.97 Å². The second kappa shape index (κ2) is 8.57. The van der Waals surface area contributed by atoms with Gasteiger partial charge in [-0.05, 0) is 23.8 Å². The van der Waals surface area contributed by atoms with Crippen LogP contribution in [0.15, 0.2) is 30.3 Å². The third kappa shape index (κ3) is 4.47. The molecule has 0 radical (unpaired) electrons. The minimum atomic E-state index is -2.22. The molecule has 1 N–H and O–H groups in total. The van der Waals surface area contributed by atoms with Gasteiger partial charge in [0.25, 0.3) is 0 Å². The lowest BCUT2D eigenvalue weighted by molar-refractivity contribution is -0.149. The van der Waals surface area contributed by atoms with Gasteiger partial charge in [-0.2, -0.15) is 5.26 Å². The predicted molar refractivity (Wildman–Crippen MR) is 103 cm³/mol. The highest BCUT2D eigenvalue weighted by molar-refractivity contribution is 9.09. The summed E-state index contributed by atoms with van der Waals surface area (Å²) in [6.07, 6.45) is -2.97. The van der Waals surface area contributed by atoms with Crippen LogP contribution in [0.1, 0.15) is 40.1 Å². The maximum Gasteiger partial charge on any atom is 0.303 e. The first-order valence-corrected chi connectivity index (χ1v) is 10.5. The van der Waals surface area contributed by atoms with E-state index in [-0.39, 0.29) is 33.9 Å². The van der Waals surface area contributed by atoms with Gasteiger partial charge in [0, 0.05) is 24.1 Å². The molecule has 3 rings (SSSR count). The first kappa shape index (κ1) is 21.4. The Kier molecular flexibility index (Phi) is 6.31. The first-order chi connectivity index (χ1) is 13.7. The van der Waals surface area contributed by atoms with Gasteiger partial charge in [-0.3, -0.25) is 4.79 Å². The van der Waals surface area contributed by atoms with E-state index in [0.717, 1.165) is 19.1 Å². The smallest absolute Gasteiger partial charge is 0.303 e. The Morgan fingerprint density at radius 1 is 1.34 bits per heavy atom. The topological polar surface area (TPSA) is 96.6 Å². The molecule has 2 aromatic rings. The van der Waals surface area contributed by atoms with Crippen LogP contribution in [0, 0.1) is 17.1 Å². The van der Waals surface area contributed by atoms with E-state index >= 15 is 0 Å². The Balaban J connectivity index is 2.13. The molecule has 6 nitrogen and oxygen atoms in total. The molecule has 4 atom stereocenters. The third-order valence-corrected chi connectivity index (χ3v) is 5.79. The third-order valence-electron chi connectivity index (χ3n) is 4.27. The molecule has 0 heterocycles. The van der Waals surface area contributed by atoms with Crippen molar-refractivity contribution in [3.05, 3.63) is 58.4 Å². The summed E-state index contributed by atoms with van der Waals surface area (Å²) in [5, 5.41) is 8.99. The number of esters is 1. The van der Waals surface area contributed by atoms with Gasteiger partial charge in [0.2, 0.25) is 0 Å². The number of carbonyl (C=O) groups is 1. The van der Waals surface area contributed by atoms with Crippen molar-refractivity contribution in [2.75, 3.05) is 0 Å². The van der Waals surface area contributed by atoms with Crippen LogP contribution >= 0.6 is 15.9 Å². The Morgan fingerprint density at radius 3 is 2.69 bits per heavy atom. The summed E-state index contributed by atoms with van der Waals surface area (Å²) < 4.78 is 60.1. The number of halogens is 3. The molecule has 0 fully saturated rings. The number of ether oxygens (including phenoxy) is 2. The molecule has 10 heteroatoms. The van der Waals surface area contributed by atoms with E-state index in [0.29, 0.717) is 5.56 Å². The Morgan fingerprint density at radius 2 is 2.07 bits per heavy atom. The number of carbonyl (C=O) groups excluding carboxylic acids is 1. The number of hydrogen-bond acceptors (Lipinski definition) is 5. The summed E-state index contributed by atoms with van der Waals surface area (Å²) in [7, 11) is 0. The zero-order valence-electron chi connectivity index (χ0n) is 14.9. The maximum atomic E-state index is 14.9. The van der Waals surface area contributed by atoms with E-state index in [1.54, 1.807) is 0 Å². The molecule has 29 heavy (non-hydrogen) atoms. The normalized spacial score (nSPS) is 21.2. The van der Waals surface area contributed by atoms with Crippen LogP contribution < -0.4 is 4.74 Å². The van der Waals surface area contributed by atoms with Crippen LogP contribution in [0.3, 0.4) is 0 Å². The van der Waals surface area contributed by atoms with Gasteiger partial charge in [0.05, 0.1) is 22.2 Å². The zero-order valence-corrected chi connectivity index (χ0v) is 17.3. The second-order valence-electron chi connectivity index (χ2n) is 6.28. The van der Waals surface area contributed by atoms with E-state index in [1.807, 2.05) is 6.07 Å². The molecule has 0 saturated heterocycles. The van der Waals surface area contributed by atoms with Crippen molar-refractivity contribution in [2.24, 2.45) is 0 Å². The molecular weight excluding hydrogens is 472 g/mol. The summed E-state index contributed by atoms with van der Waals surface area (Å²) in [5.41, 5.74) is 0.877. The van der Waals surface area contributed by atoms with Gasteiger partial charge in [0.1, 0.15) is 17.3 Å². The molecule has 152 valence electrons. The summed E-state index contributed by atoms with van der Waals surface area (Å²) >= 11 is 1.01. The number of rotatable bonds is 5. The lowest BCUT2D eigenvalue weighted by Crippen LogP contribution is -2.17. The number of nitrogens with zero attached hydrogens (tertiary/aromatic N) is 1. The number of fused-ring (bicyclic) bond motifs is 1. The fourth-order valence-electron chi connectivity index (χ4n) is 3.22. The largest absolute Gasteiger partial charge is 0.457 e. The van der Waals surface area contributed by atoms with Crippen molar-refractivity contribution in [1.82, 2.24) is 0 Å². The molecular formula is C19H14BrF2NO5S. The fraction of sp³-hybridized carbons (Fsp3) is 0.263. The van der Waals surface area contributed by atoms with Crippen LogP contribution in [0.4, 0.5) is 8.78 Å². The second-order valence-corrected chi connectivity index (χ2v) is 8.20. The van der Waals surface area contributed by atoms with Crippen molar-refractivity contribution in [3.8, 4) is 17.6 Å². The average Bonchev–Trinajstić information content (AvgIpc) is 2.88. The zero-order chi connectivity index (χ0) is 21.3. The molecule has 0 amide bonds. The summed E-state index contributed by atoms with van der Waals surface area (Å²) in [4.78, 5) is 10.5. The Hall–Kier alpha value is -2.35.